The third kappa shape index (κ3) is 3.35. The van der Waals surface area contributed by atoms with Crippen LogP contribution in [0.25, 0.3) is 0 Å². The van der Waals surface area contributed by atoms with E-state index in [-0.39, 0.29) is 35.7 Å². The predicted octanol–water partition coefficient (Wildman–Crippen LogP) is 3.68. The van der Waals surface area contributed by atoms with Crippen LogP contribution in [0.2, 0.25) is 0 Å². The number of ketones is 1. The molecule has 2 aliphatic rings. The maximum atomic E-state index is 14.5. The first-order chi connectivity index (χ1) is 12.9. The molecule has 3 atom stereocenters. The Labute approximate surface area is 158 Å². The number of ether oxygens (including phenoxy) is 3. The summed E-state index contributed by atoms with van der Waals surface area (Å²) in [7, 11) is 1.40. The lowest BCUT2D eigenvalue weighted by molar-refractivity contribution is -0.123. The summed E-state index contributed by atoms with van der Waals surface area (Å²) in [5, 5.41) is 9.27. The van der Waals surface area contributed by atoms with Crippen LogP contribution in [0.4, 0.5) is 4.39 Å². The van der Waals surface area contributed by atoms with Gasteiger partial charge < -0.3 is 14.2 Å². The van der Waals surface area contributed by atoms with Gasteiger partial charge in [0.05, 0.1) is 12.7 Å². The minimum absolute atomic E-state index is 0.000574. The average Bonchev–Trinajstić information content (AvgIpc) is 3.07. The Hall–Kier alpha value is -2.65. The van der Waals surface area contributed by atoms with Crippen LogP contribution in [0.5, 0.6) is 5.75 Å². The number of nitrogens with zero attached hydrogens (tertiary/aromatic N) is 1. The van der Waals surface area contributed by atoms with E-state index in [0.29, 0.717) is 30.6 Å². The summed E-state index contributed by atoms with van der Waals surface area (Å²) in [6.07, 6.45) is 4.58. The highest BCUT2D eigenvalue weighted by Gasteiger charge is 2.51. The fourth-order valence-corrected chi connectivity index (χ4v) is 3.92. The Morgan fingerprint density at radius 3 is 3.00 bits per heavy atom. The van der Waals surface area contributed by atoms with E-state index < -0.39 is 11.4 Å². The van der Waals surface area contributed by atoms with Gasteiger partial charge in [0.25, 0.3) is 0 Å². The quantitative estimate of drug-likeness (QED) is 0.714. The van der Waals surface area contributed by atoms with E-state index in [9.17, 15) is 14.4 Å². The van der Waals surface area contributed by atoms with E-state index >= 15 is 0 Å². The van der Waals surface area contributed by atoms with Gasteiger partial charge in [-0.15, -0.1) is 6.58 Å². The Balaban J connectivity index is 1.92. The molecule has 1 aliphatic carbocycles. The van der Waals surface area contributed by atoms with Crippen molar-refractivity contribution in [3.05, 3.63) is 53.6 Å². The van der Waals surface area contributed by atoms with Gasteiger partial charge >= 0.3 is 0 Å². The first-order valence-corrected chi connectivity index (χ1v) is 8.85. The first kappa shape index (κ1) is 19.1. The van der Waals surface area contributed by atoms with E-state index in [1.165, 1.54) is 25.3 Å². The molecule has 1 saturated heterocycles. The van der Waals surface area contributed by atoms with Crippen molar-refractivity contribution in [1.29, 1.82) is 5.26 Å². The summed E-state index contributed by atoms with van der Waals surface area (Å²) < 4.78 is 31.1. The number of fused-ring (bicyclic) bond motifs is 1. The normalized spacial score (nSPS) is 25.0. The van der Waals surface area contributed by atoms with Gasteiger partial charge in [-0.3, -0.25) is 4.79 Å². The van der Waals surface area contributed by atoms with Crippen LogP contribution in [0, 0.1) is 29.0 Å². The molecule has 0 aromatic heterocycles. The molecule has 0 bridgehead atoms. The minimum atomic E-state index is -0.777. The molecule has 1 aliphatic heterocycles. The van der Waals surface area contributed by atoms with Crippen molar-refractivity contribution in [2.45, 2.75) is 31.8 Å². The zero-order valence-corrected chi connectivity index (χ0v) is 15.5. The molecule has 0 unspecified atom stereocenters. The first-order valence-electron chi connectivity index (χ1n) is 8.85. The Morgan fingerprint density at radius 1 is 1.56 bits per heavy atom. The van der Waals surface area contributed by atoms with E-state index in [0.717, 1.165) is 0 Å². The summed E-state index contributed by atoms with van der Waals surface area (Å²) in [6.45, 7) is 5.73. The highest BCUT2D eigenvalue weighted by atomic mass is 19.1. The summed E-state index contributed by atoms with van der Waals surface area (Å²) >= 11 is 0. The highest BCUT2D eigenvalue weighted by Crippen LogP contribution is 2.46. The number of hydrogen-bond donors (Lipinski definition) is 0. The molecule has 1 heterocycles. The molecule has 1 aromatic rings. The van der Waals surface area contributed by atoms with E-state index in [4.69, 9.17) is 14.2 Å². The second-order valence-corrected chi connectivity index (χ2v) is 6.99. The van der Waals surface area contributed by atoms with Crippen LogP contribution >= 0.6 is 0 Å². The second-order valence-electron chi connectivity index (χ2n) is 6.99. The van der Waals surface area contributed by atoms with Crippen molar-refractivity contribution in [2.75, 3.05) is 13.9 Å². The molecular formula is C21H22FNO4. The van der Waals surface area contributed by atoms with Crippen molar-refractivity contribution in [1.82, 2.24) is 0 Å². The lowest BCUT2D eigenvalue weighted by atomic mass is 9.71. The minimum Gasteiger partial charge on any atom is -0.495 e. The highest BCUT2D eigenvalue weighted by molar-refractivity contribution is 5.93. The molecule has 1 aromatic carbocycles. The third-order valence-corrected chi connectivity index (χ3v) is 5.44. The lowest BCUT2D eigenvalue weighted by Gasteiger charge is -2.38. The van der Waals surface area contributed by atoms with Gasteiger partial charge in [0.2, 0.25) is 0 Å². The maximum absolute atomic E-state index is 14.5. The topological polar surface area (TPSA) is 68.6 Å². The van der Waals surface area contributed by atoms with Crippen LogP contribution < -0.4 is 4.74 Å². The van der Waals surface area contributed by atoms with E-state index in [2.05, 4.69) is 6.58 Å². The van der Waals surface area contributed by atoms with Gasteiger partial charge in [0.1, 0.15) is 29.0 Å². The molecule has 0 saturated carbocycles. The second kappa shape index (κ2) is 7.53. The molecule has 142 valence electrons. The van der Waals surface area contributed by atoms with Crippen molar-refractivity contribution in [3.63, 3.8) is 0 Å². The number of carbonyl (C=O) groups is 1. The molecule has 0 spiro atoms. The van der Waals surface area contributed by atoms with Crippen molar-refractivity contribution < 1.29 is 23.4 Å². The van der Waals surface area contributed by atoms with Gasteiger partial charge in [0.15, 0.2) is 12.6 Å². The monoisotopic (exact) mass is 371 g/mol. The number of nitriles is 1. The van der Waals surface area contributed by atoms with Crippen LogP contribution in [0.1, 0.15) is 30.9 Å². The van der Waals surface area contributed by atoms with Crippen molar-refractivity contribution in [2.24, 2.45) is 11.8 Å². The fraction of sp³-hybridized carbons (Fsp3) is 0.429. The number of rotatable bonds is 6. The molecule has 5 nitrogen and oxygen atoms in total. The molecule has 0 amide bonds. The molecule has 0 radical (unpaired) electrons. The maximum Gasteiger partial charge on any atom is 0.189 e. The Bertz CT molecular complexity index is 841. The number of hydrogen-bond acceptors (Lipinski definition) is 5. The molecular weight excluding hydrogens is 349 g/mol. The van der Waals surface area contributed by atoms with Crippen LogP contribution in [-0.4, -0.2) is 25.3 Å². The SMILES string of the molecule is C=CC[C@H]1C[C@]2([C@@H](C)Cc3cc(C#N)c(OC)cc3F)OCOC2=CC1=O. The number of benzene rings is 1. The summed E-state index contributed by atoms with van der Waals surface area (Å²) in [5.41, 5.74) is -0.0941. The van der Waals surface area contributed by atoms with Gasteiger partial charge in [-0.1, -0.05) is 13.0 Å². The van der Waals surface area contributed by atoms with Crippen molar-refractivity contribution >= 4 is 5.78 Å². The molecule has 27 heavy (non-hydrogen) atoms. The van der Waals surface area contributed by atoms with Crippen LogP contribution in [0.3, 0.4) is 0 Å². The average molecular weight is 371 g/mol. The lowest BCUT2D eigenvalue weighted by Crippen LogP contribution is -2.45. The third-order valence-electron chi connectivity index (χ3n) is 5.44. The predicted molar refractivity (Wildman–Crippen MR) is 96.3 cm³/mol. The summed E-state index contributed by atoms with van der Waals surface area (Å²) in [5.74, 6) is -0.116. The van der Waals surface area contributed by atoms with Crippen LogP contribution in [0.15, 0.2) is 36.6 Å². The number of carbonyl (C=O) groups excluding carboxylic acids is 1. The largest absolute Gasteiger partial charge is 0.495 e. The zero-order valence-electron chi connectivity index (χ0n) is 15.5. The van der Waals surface area contributed by atoms with Gasteiger partial charge in [-0.25, -0.2) is 4.39 Å². The molecule has 3 rings (SSSR count). The number of allylic oxidation sites excluding steroid dienone is 2. The molecule has 1 fully saturated rings. The molecule has 6 heteroatoms. The number of methoxy groups -OCH3 is 1. The van der Waals surface area contributed by atoms with Gasteiger partial charge in [-0.05, 0) is 36.8 Å². The smallest absolute Gasteiger partial charge is 0.189 e. The standard InChI is InChI=1S/C21H22FNO4/c1-4-5-14-10-21(20(9-18(14)24)26-12-27-21)13(2)6-15-7-16(11-23)19(25-3)8-17(15)22/h4,7-9,13-14H,1,5-6,10,12H2,2-3H3/t13-,14-,21+/m0/s1. The van der Waals surface area contributed by atoms with Crippen molar-refractivity contribution in [3.8, 4) is 11.8 Å². The Morgan fingerprint density at radius 2 is 2.33 bits per heavy atom. The molecule has 0 N–H and O–H groups in total. The zero-order chi connectivity index (χ0) is 19.6. The van der Waals surface area contributed by atoms with E-state index in [1.54, 1.807) is 6.08 Å². The van der Waals surface area contributed by atoms with E-state index in [1.807, 2.05) is 13.0 Å². The number of halogens is 1. The summed E-state index contributed by atoms with van der Waals surface area (Å²) in [4.78, 5) is 12.3. The summed E-state index contributed by atoms with van der Waals surface area (Å²) in [6, 6.07) is 4.76. The van der Waals surface area contributed by atoms with Gasteiger partial charge in [-0.2, -0.15) is 5.26 Å². The fourth-order valence-electron chi connectivity index (χ4n) is 3.92. The van der Waals surface area contributed by atoms with Crippen LogP contribution in [-0.2, 0) is 20.7 Å². The Kier molecular flexibility index (Phi) is 5.33. The van der Waals surface area contributed by atoms with Gasteiger partial charge in [0, 0.05) is 18.1 Å².